The molecule has 1 aliphatic carbocycles. The van der Waals surface area contributed by atoms with Crippen molar-refractivity contribution in [2.75, 3.05) is 0 Å². The molecule has 0 bridgehead atoms. The molecule has 0 aromatic carbocycles. The Kier molecular flexibility index (Phi) is 5.58. The van der Waals surface area contributed by atoms with E-state index in [9.17, 15) is 9.59 Å². The molecule has 0 spiro atoms. The lowest BCUT2D eigenvalue weighted by Gasteiger charge is -2.28. The highest BCUT2D eigenvalue weighted by molar-refractivity contribution is 5.88. The van der Waals surface area contributed by atoms with Gasteiger partial charge in [-0.3, -0.25) is 4.79 Å². The van der Waals surface area contributed by atoms with Crippen LogP contribution in [0.4, 0.5) is 0 Å². The van der Waals surface area contributed by atoms with E-state index in [1.165, 1.54) is 19.4 Å². The van der Waals surface area contributed by atoms with Gasteiger partial charge >= 0.3 is 11.9 Å². The van der Waals surface area contributed by atoms with Gasteiger partial charge in [0.25, 0.3) is 0 Å². The largest absolute Gasteiger partial charge is 0.478 e. The third-order valence-electron chi connectivity index (χ3n) is 3.90. The van der Waals surface area contributed by atoms with Gasteiger partial charge in [0.2, 0.25) is 0 Å². The van der Waals surface area contributed by atoms with Crippen LogP contribution in [0.2, 0.25) is 0 Å². The predicted molar refractivity (Wildman–Crippen MR) is 72.8 cm³/mol. The molecular weight excluding hydrogens is 244 g/mol. The first-order valence-electron chi connectivity index (χ1n) is 7.03. The molecule has 4 nitrogen and oxygen atoms in total. The second-order valence-electron chi connectivity index (χ2n) is 5.57. The summed E-state index contributed by atoms with van der Waals surface area (Å²) in [4.78, 5) is 23.1. The van der Waals surface area contributed by atoms with Gasteiger partial charge in [0.15, 0.2) is 0 Å². The average Bonchev–Trinajstić information content (AvgIpc) is 2.39. The summed E-state index contributed by atoms with van der Waals surface area (Å²) in [5.41, 5.74) is -0.662. The molecule has 1 rings (SSSR count). The summed E-state index contributed by atoms with van der Waals surface area (Å²) in [7, 11) is 0. The van der Waals surface area contributed by atoms with Crippen LogP contribution < -0.4 is 0 Å². The lowest BCUT2D eigenvalue weighted by molar-refractivity contribution is -0.159. The number of aliphatic carboxylic acids is 1. The highest BCUT2D eigenvalue weighted by Gasteiger charge is 2.33. The van der Waals surface area contributed by atoms with Crippen LogP contribution >= 0.6 is 0 Å². The number of carboxylic acid groups (broad SMARTS) is 1. The number of hydrogen-bond acceptors (Lipinski definition) is 3. The maximum absolute atomic E-state index is 12.3. The van der Waals surface area contributed by atoms with Gasteiger partial charge in [-0.2, -0.15) is 0 Å². The van der Waals surface area contributed by atoms with Crippen LogP contribution in [-0.4, -0.2) is 23.1 Å². The summed E-state index contributed by atoms with van der Waals surface area (Å²) >= 11 is 0. The molecule has 108 valence electrons. The fraction of sp³-hybridized carbons (Fsp3) is 0.733. The smallest absolute Gasteiger partial charge is 0.330 e. The van der Waals surface area contributed by atoms with Gasteiger partial charge in [0.05, 0.1) is 5.41 Å². The number of hydrogen-bond donors (Lipinski definition) is 1. The van der Waals surface area contributed by atoms with E-state index in [1.54, 1.807) is 6.92 Å². The first-order valence-corrected chi connectivity index (χ1v) is 7.03. The van der Waals surface area contributed by atoms with Gasteiger partial charge in [-0.05, 0) is 46.0 Å². The van der Waals surface area contributed by atoms with E-state index in [1.807, 2.05) is 6.92 Å². The molecule has 19 heavy (non-hydrogen) atoms. The Balaban J connectivity index is 2.74. The highest BCUT2D eigenvalue weighted by atomic mass is 16.5. The van der Waals surface area contributed by atoms with E-state index >= 15 is 0 Å². The lowest BCUT2D eigenvalue weighted by Crippen LogP contribution is -2.32. The molecule has 1 saturated carbocycles. The molecule has 1 unspecified atom stereocenters. The van der Waals surface area contributed by atoms with Gasteiger partial charge < -0.3 is 9.84 Å². The number of carboxylic acids is 1. The number of rotatable bonds is 5. The second kappa shape index (κ2) is 6.73. The van der Waals surface area contributed by atoms with Crippen LogP contribution in [0.1, 0.15) is 59.3 Å². The minimum atomic E-state index is -0.995. The van der Waals surface area contributed by atoms with Crippen LogP contribution in [0.15, 0.2) is 11.6 Å². The lowest BCUT2D eigenvalue weighted by atomic mass is 9.85. The molecule has 1 atom stereocenters. The normalized spacial score (nSPS) is 20.7. The molecule has 1 aliphatic rings. The molecule has 0 saturated heterocycles. The topological polar surface area (TPSA) is 63.6 Å². The summed E-state index contributed by atoms with van der Waals surface area (Å²) in [6, 6.07) is 0. The van der Waals surface area contributed by atoms with E-state index in [2.05, 4.69) is 0 Å². The third kappa shape index (κ3) is 4.37. The van der Waals surface area contributed by atoms with Crippen molar-refractivity contribution in [2.45, 2.75) is 65.4 Å². The minimum Gasteiger partial charge on any atom is -0.478 e. The zero-order valence-electron chi connectivity index (χ0n) is 12.1. The summed E-state index contributed by atoms with van der Waals surface area (Å²) in [6.45, 7) is 5.11. The fourth-order valence-corrected chi connectivity index (χ4v) is 2.31. The summed E-state index contributed by atoms with van der Waals surface area (Å²) in [6.07, 6.45) is 7.31. The molecule has 0 radical (unpaired) electrons. The van der Waals surface area contributed by atoms with Crippen LogP contribution in [0.5, 0.6) is 0 Å². The maximum Gasteiger partial charge on any atom is 0.330 e. The van der Waals surface area contributed by atoms with Crippen molar-refractivity contribution in [1.82, 2.24) is 0 Å². The summed E-state index contributed by atoms with van der Waals surface area (Å²) < 4.78 is 5.55. The zero-order valence-corrected chi connectivity index (χ0v) is 12.1. The Labute approximate surface area is 114 Å². The monoisotopic (exact) mass is 268 g/mol. The van der Waals surface area contributed by atoms with Gasteiger partial charge in [-0.15, -0.1) is 0 Å². The average molecular weight is 268 g/mol. The fourth-order valence-electron chi connectivity index (χ4n) is 2.31. The van der Waals surface area contributed by atoms with Crippen LogP contribution in [0.3, 0.4) is 0 Å². The quantitative estimate of drug-likeness (QED) is 0.613. The SMILES string of the molecule is CCC(C)(C=C(C)C(=O)O)C(=O)OC1CCCCC1. The Bertz CT molecular complexity index is 366. The van der Waals surface area contributed by atoms with Crippen molar-refractivity contribution in [3.63, 3.8) is 0 Å². The van der Waals surface area contributed by atoms with E-state index in [-0.39, 0.29) is 17.6 Å². The second-order valence-corrected chi connectivity index (χ2v) is 5.57. The Morgan fingerprint density at radius 2 is 1.89 bits per heavy atom. The van der Waals surface area contributed by atoms with Crippen LogP contribution in [0, 0.1) is 5.41 Å². The van der Waals surface area contributed by atoms with Gasteiger partial charge in [-0.1, -0.05) is 19.4 Å². The van der Waals surface area contributed by atoms with Crippen molar-refractivity contribution in [2.24, 2.45) is 5.41 Å². The molecule has 0 aliphatic heterocycles. The molecule has 0 aromatic heterocycles. The van der Waals surface area contributed by atoms with Crippen molar-refractivity contribution < 1.29 is 19.4 Å². The number of carbonyl (C=O) groups is 2. The molecule has 0 amide bonds. The molecule has 4 heteroatoms. The minimum absolute atomic E-state index is 0.00524. The number of esters is 1. The van der Waals surface area contributed by atoms with Crippen molar-refractivity contribution >= 4 is 11.9 Å². The number of carbonyl (C=O) groups excluding carboxylic acids is 1. The first kappa shape index (κ1) is 15.7. The van der Waals surface area contributed by atoms with E-state index < -0.39 is 11.4 Å². The van der Waals surface area contributed by atoms with Crippen molar-refractivity contribution in [1.29, 1.82) is 0 Å². The Morgan fingerprint density at radius 1 is 1.32 bits per heavy atom. The molecule has 1 fully saturated rings. The van der Waals surface area contributed by atoms with Crippen molar-refractivity contribution in [3.8, 4) is 0 Å². The molecular formula is C15H24O4. The molecule has 1 N–H and O–H groups in total. The first-order chi connectivity index (χ1) is 8.89. The van der Waals surface area contributed by atoms with Gasteiger partial charge in [0.1, 0.15) is 6.10 Å². The van der Waals surface area contributed by atoms with E-state index in [0.717, 1.165) is 25.7 Å². The van der Waals surface area contributed by atoms with Gasteiger partial charge in [-0.25, -0.2) is 4.79 Å². The van der Waals surface area contributed by atoms with Crippen molar-refractivity contribution in [3.05, 3.63) is 11.6 Å². The molecule has 0 heterocycles. The Morgan fingerprint density at radius 3 is 2.37 bits per heavy atom. The Hall–Kier alpha value is -1.32. The summed E-state index contributed by atoms with van der Waals surface area (Å²) in [5, 5.41) is 8.92. The van der Waals surface area contributed by atoms with Gasteiger partial charge in [0, 0.05) is 5.57 Å². The standard InChI is InChI=1S/C15H24O4/c1-4-15(3,10-11(2)13(16)17)14(18)19-12-8-6-5-7-9-12/h10,12H,4-9H2,1-3H3,(H,16,17). The predicted octanol–water partition coefficient (Wildman–Crippen LogP) is 3.31. The highest BCUT2D eigenvalue weighted by Crippen LogP contribution is 2.29. The zero-order chi connectivity index (χ0) is 14.5. The van der Waals surface area contributed by atoms with E-state index in [4.69, 9.17) is 9.84 Å². The third-order valence-corrected chi connectivity index (χ3v) is 3.90. The maximum atomic E-state index is 12.3. The summed E-state index contributed by atoms with van der Waals surface area (Å²) in [5.74, 6) is -1.30. The van der Waals surface area contributed by atoms with Crippen LogP contribution in [-0.2, 0) is 14.3 Å². The molecule has 0 aromatic rings. The van der Waals surface area contributed by atoms with Crippen LogP contribution in [0.25, 0.3) is 0 Å². The number of ether oxygens (including phenoxy) is 1. The van der Waals surface area contributed by atoms with E-state index in [0.29, 0.717) is 6.42 Å².